The Kier molecular flexibility index (Phi) is 5.32. The van der Waals surface area contributed by atoms with Crippen LogP contribution in [0.1, 0.15) is 25.3 Å². The van der Waals surface area contributed by atoms with Crippen molar-refractivity contribution in [1.29, 1.82) is 0 Å². The number of hydrogen-bond donors (Lipinski definition) is 2. The first kappa shape index (κ1) is 16.7. The van der Waals surface area contributed by atoms with Crippen molar-refractivity contribution in [2.45, 2.75) is 38.5 Å². The molecular formula is C16H20ClN5O2. The number of urea groups is 1. The molecule has 2 N–H and O–H groups in total. The van der Waals surface area contributed by atoms with Crippen molar-refractivity contribution in [3.63, 3.8) is 0 Å². The smallest absolute Gasteiger partial charge is 0.321 e. The molecule has 2 amide bonds. The van der Waals surface area contributed by atoms with Gasteiger partial charge in [0.2, 0.25) is 5.95 Å². The molecule has 1 aliphatic rings. The number of hydrogen-bond acceptors (Lipinski definition) is 4. The summed E-state index contributed by atoms with van der Waals surface area (Å²) in [5.74, 6) is 0.265. The monoisotopic (exact) mass is 349 g/mol. The first-order chi connectivity index (χ1) is 11.6. The van der Waals surface area contributed by atoms with Crippen LogP contribution in [0.5, 0.6) is 0 Å². The molecule has 2 heterocycles. The van der Waals surface area contributed by atoms with Crippen molar-refractivity contribution in [1.82, 2.24) is 20.1 Å². The molecule has 0 bridgehead atoms. The summed E-state index contributed by atoms with van der Waals surface area (Å²) >= 11 is 5.87. The van der Waals surface area contributed by atoms with Crippen LogP contribution >= 0.6 is 11.6 Å². The number of halogens is 1. The van der Waals surface area contributed by atoms with Gasteiger partial charge < -0.3 is 10.1 Å². The highest BCUT2D eigenvalue weighted by Crippen LogP contribution is 2.15. The number of benzene rings is 1. The quantitative estimate of drug-likeness (QED) is 0.869. The number of carbonyl (C=O) groups is 1. The van der Waals surface area contributed by atoms with Crippen LogP contribution in [-0.2, 0) is 11.3 Å². The van der Waals surface area contributed by atoms with Gasteiger partial charge in [0.15, 0.2) is 0 Å². The Balaban J connectivity index is 1.51. The fourth-order valence-electron chi connectivity index (χ4n) is 2.64. The molecule has 0 radical (unpaired) electrons. The van der Waals surface area contributed by atoms with E-state index in [1.165, 1.54) is 0 Å². The highest BCUT2D eigenvalue weighted by Gasteiger charge is 2.23. The molecular weight excluding hydrogens is 330 g/mol. The minimum atomic E-state index is -0.331. The molecule has 1 saturated heterocycles. The second kappa shape index (κ2) is 7.63. The Morgan fingerprint density at radius 3 is 2.96 bits per heavy atom. The van der Waals surface area contributed by atoms with Crippen LogP contribution in [0, 0.1) is 0 Å². The molecule has 128 valence electrons. The average molecular weight is 350 g/mol. The number of rotatable bonds is 5. The van der Waals surface area contributed by atoms with E-state index in [9.17, 15) is 4.79 Å². The molecule has 8 heteroatoms. The second-order valence-electron chi connectivity index (χ2n) is 5.83. The maximum Gasteiger partial charge on any atom is 0.321 e. The zero-order valence-corrected chi connectivity index (χ0v) is 14.2. The Morgan fingerprint density at radius 1 is 1.46 bits per heavy atom. The number of aromatic nitrogens is 3. The molecule has 3 rings (SSSR count). The van der Waals surface area contributed by atoms with Crippen molar-refractivity contribution in [3.05, 3.63) is 41.2 Å². The number of amides is 2. The van der Waals surface area contributed by atoms with Gasteiger partial charge in [0, 0.05) is 11.6 Å². The van der Waals surface area contributed by atoms with E-state index in [4.69, 9.17) is 16.3 Å². The molecule has 24 heavy (non-hydrogen) atoms. The van der Waals surface area contributed by atoms with Crippen LogP contribution in [0.3, 0.4) is 0 Å². The molecule has 0 spiro atoms. The molecule has 2 atom stereocenters. The van der Waals surface area contributed by atoms with Crippen LogP contribution in [0.25, 0.3) is 0 Å². The van der Waals surface area contributed by atoms with Crippen molar-refractivity contribution in [2.75, 3.05) is 11.9 Å². The molecule has 1 aromatic carbocycles. The van der Waals surface area contributed by atoms with Crippen LogP contribution in [0.4, 0.5) is 10.7 Å². The van der Waals surface area contributed by atoms with Crippen molar-refractivity contribution in [2.24, 2.45) is 0 Å². The van der Waals surface area contributed by atoms with Crippen molar-refractivity contribution >= 4 is 23.6 Å². The fraction of sp³-hybridized carbons (Fsp3) is 0.438. The second-order valence-corrected chi connectivity index (χ2v) is 6.27. The molecule has 1 aliphatic heterocycles. The number of nitrogens with one attached hydrogen (secondary N) is 2. The maximum absolute atomic E-state index is 12.0. The van der Waals surface area contributed by atoms with E-state index in [-0.39, 0.29) is 24.1 Å². The SMILES string of the molecule is C[C@@H](NC(=O)Nc1ncn(Cc2ccc(Cl)cc2)n1)[C@H]1CCCO1. The summed E-state index contributed by atoms with van der Waals surface area (Å²) in [7, 11) is 0. The highest BCUT2D eigenvalue weighted by molar-refractivity contribution is 6.30. The topological polar surface area (TPSA) is 81.1 Å². The third kappa shape index (κ3) is 4.46. The van der Waals surface area contributed by atoms with E-state index in [0.29, 0.717) is 11.6 Å². The van der Waals surface area contributed by atoms with Gasteiger partial charge in [0.25, 0.3) is 0 Å². The largest absolute Gasteiger partial charge is 0.376 e. The van der Waals surface area contributed by atoms with Gasteiger partial charge in [-0.15, -0.1) is 5.10 Å². The van der Waals surface area contributed by atoms with Crippen LogP contribution in [-0.4, -0.2) is 39.5 Å². The van der Waals surface area contributed by atoms with E-state index in [2.05, 4.69) is 20.7 Å². The lowest BCUT2D eigenvalue weighted by Gasteiger charge is -2.19. The van der Waals surface area contributed by atoms with Gasteiger partial charge >= 0.3 is 6.03 Å². The van der Waals surface area contributed by atoms with Gasteiger partial charge in [-0.25, -0.2) is 14.5 Å². The summed E-state index contributed by atoms with van der Waals surface area (Å²) in [5.41, 5.74) is 1.05. The third-order valence-corrected chi connectivity index (χ3v) is 4.15. The minimum absolute atomic E-state index is 0.0522. The lowest BCUT2D eigenvalue weighted by Crippen LogP contribution is -2.43. The zero-order chi connectivity index (χ0) is 16.9. The number of nitrogens with zero attached hydrogens (tertiary/aromatic N) is 3. The summed E-state index contributed by atoms with van der Waals surface area (Å²) in [6, 6.07) is 7.12. The van der Waals surface area contributed by atoms with Crippen LogP contribution in [0.2, 0.25) is 5.02 Å². The lowest BCUT2D eigenvalue weighted by atomic mass is 10.1. The Bertz CT molecular complexity index is 682. The molecule has 0 saturated carbocycles. The van der Waals surface area contributed by atoms with Gasteiger partial charge in [-0.3, -0.25) is 5.32 Å². The van der Waals surface area contributed by atoms with E-state index >= 15 is 0 Å². The number of anilines is 1. The van der Waals surface area contributed by atoms with E-state index < -0.39 is 0 Å². The summed E-state index contributed by atoms with van der Waals surface area (Å²) in [6.45, 7) is 3.25. The molecule has 0 aliphatic carbocycles. The first-order valence-electron chi connectivity index (χ1n) is 7.93. The van der Waals surface area contributed by atoms with E-state index in [1.54, 1.807) is 11.0 Å². The Labute approximate surface area is 145 Å². The van der Waals surface area contributed by atoms with Gasteiger partial charge in [-0.05, 0) is 37.5 Å². The molecule has 7 nitrogen and oxygen atoms in total. The molecule has 1 aromatic heterocycles. The standard InChI is InChI=1S/C16H20ClN5O2/c1-11(14-3-2-8-24-14)19-16(23)20-15-18-10-22(21-15)9-12-4-6-13(17)7-5-12/h4-7,10-11,14H,2-3,8-9H2,1H3,(H2,19,20,21,23)/t11-,14-/m1/s1. The summed E-state index contributed by atoms with van der Waals surface area (Å²) in [6.07, 6.45) is 3.66. The number of ether oxygens (including phenoxy) is 1. The molecule has 0 unspecified atom stereocenters. The normalized spacial score (nSPS) is 18.3. The third-order valence-electron chi connectivity index (χ3n) is 3.90. The summed E-state index contributed by atoms with van der Waals surface area (Å²) in [5, 5.41) is 10.4. The predicted octanol–water partition coefficient (Wildman–Crippen LogP) is 2.67. The van der Waals surface area contributed by atoms with E-state index in [0.717, 1.165) is 25.0 Å². The highest BCUT2D eigenvalue weighted by atomic mass is 35.5. The van der Waals surface area contributed by atoms with Crippen LogP contribution < -0.4 is 10.6 Å². The molecule has 1 fully saturated rings. The van der Waals surface area contributed by atoms with Gasteiger partial charge in [-0.1, -0.05) is 23.7 Å². The summed E-state index contributed by atoms with van der Waals surface area (Å²) < 4.78 is 7.21. The first-order valence-corrected chi connectivity index (χ1v) is 8.31. The van der Waals surface area contributed by atoms with Gasteiger partial charge in [0.05, 0.1) is 18.7 Å². The average Bonchev–Trinajstić information content (AvgIpc) is 3.21. The van der Waals surface area contributed by atoms with Crippen molar-refractivity contribution < 1.29 is 9.53 Å². The Morgan fingerprint density at radius 2 is 2.25 bits per heavy atom. The van der Waals surface area contributed by atoms with Crippen LogP contribution in [0.15, 0.2) is 30.6 Å². The van der Waals surface area contributed by atoms with Gasteiger partial charge in [-0.2, -0.15) is 0 Å². The maximum atomic E-state index is 12.0. The summed E-state index contributed by atoms with van der Waals surface area (Å²) in [4.78, 5) is 16.1. The fourth-order valence-corrected chi connectivity index (χ4v) is 2.77. The molecule has 2 aromatic rings. The minimum Gasteiger partial charge on any atom is -0.376 e. The number of carbonyl (C=O) groups excluding carboxylic acids is 1. The zero-order valence-electron chi connectivity index (χ0n) is 13.4. The Hall–Kier alpha value is -2.12. The lowest BCUT2D eigenvalue weighted by molar-refractivity contribution is 0.0868. The predicted molar refractivity (Wildman–Crippen MR) is 91.2 cm³/mol. The van der Waals surface area contributed by atoms with Gasteiger partial charge in [0.1, 0.15) is 6.33 Å². The van der Waals surface area contributed by atoms with Crippen molar-refractivity contribution in [3.8, 4) is 0 Å². The van der Waals surface area contributed by atoms with E-state index in [1.807, 2.05) is 31.2 Å².